The molecule has 0 amide bonds. The Morgan fingerprint density at radius 1 is 0.247 bits per heavy atom. The molecule has 0 spiro atoms. The molecule has 0 aromatic heterocycles. The quantitative estimate of drug-likeness (QED) is 0.0261. The Labute approximate surface area is 481 Å². The fraction of sp³-hybridized carbons (Fsp3) is 0.901. The van der Waals surface area contributed by atoms with E-state index in [1.165, 1.54) is 289 Å². The molecule has 0 rings (SSSR count). The third-order valence-corrected chi connectivity index (χ3v) is 15.9. The molecule has 0 bridgehead atoms. The lowest BCUT2D eigenvalue weighted by molar-refractivity contribution is -0.167. The second-order valence-corrected chi connectivity index (χ2v) is 23.8. The Balaban J connectivity index is 4.17. The van der Waals surface area contributed by atoms with Crippen molar-refractivity contribution in [2.24, 2.45) is 0 Å². The number of hydrogen-bond donors (Lipinski definition) is 0. The molecule has 0 aliphatic heterocycles. The van der Waals surface area contributed by atoms with E-state index in [1.54, 1.807) is 0 Å². The largest absolute Gasteiger partial charge is 0.462 e. The van der Waals surface area contributed by atoms with Gasteiger partial charge in [-0.2, -0.15) is 0 Å². The van der Waals surface area contributed by atoms with Gasteiger partial charge >= 0.3 is 17.9 Å². The minimum absolute atomic E-state index is 0.0685. The van der Waals surface area contributed by atoms with E-state index in [-0.39, 0.29) is 31.1 Å². The number of carbonyl (C=O) groups excluding carboxylic acids is 3. The minimum Gasteiger partial charge on any atom is -0.462 e. The van der Waals surface area contributed by atoms with Gasteiger partial charge in [0.25, 0.3) is 0 Å². The Morgan fingerprint density at radius 2 is 0.429 bits per heavy atom. The van der Waals surface area contributed by atoms with Crippen LogP contribution in [0.3, 0.4) is 0 Å². The van der Waals surface area contributed by atoms with Crippen LogP contribution in [0.4, 0.5) is 0 Å². The fourth-order valence-corrected chi connectivity index (χ4v) is 10.7. The summed E-state index contributed by atoms with van der Waals surface area (Å²) in [5.74, 6) is -0.847. The van der Waals surface area contributed by atoms with Gasteiger partial charge in [-0.1, -0.05) is 328 Å². The molecule has 0 heterocycles. The maximum atomic E-state index is 12.9. The summed E-state index contributed by atoms with van der Waals surface area (Å²) in [6, 6.07) is 0. The molecule has 0 aliphatic rings. The lowest BCUT2D eigenvalue weighted by Crippen LogP contribution is -2.30. The second kappa shape index (κ2) is 66.4. The Kier molecular flexibility index (Phi) is 64.6. The van der Waals surface area contributed by atoms with E-state index in [2.05, 4.69) is 45.1 Å². The van der Waals surface area contributed by atoms with Crippen molar-refractivity contribution in [2.75, 3.05) is 13.2 Å². The lowest BCUT2D eigenvalue weighted by atomic mass is 10.0. The van der Waals surface area contributed by atoms with Crippen molar-refractivity contribution in [3.05, 3.63) is 24.3 Å². The van der Waals surface area contributed by atoms with Crippen molar-refractivity contribution in [1.82, 2.24) is 0 Å². The van der Waals surface area contributed by atoms with Crippen LogP contribution in [-0.4, -0.2) is 37.2 Å². The molecule has 6 nitrogen and oxygen atoms in total. The predicted molar refractivity (Wildman–Crippen MR) is 335 cm³/mol. The normalized spacial score (nSPS) is 12.1. The van der Waals surface area contributed by atoms with Crippen LogP contribution in [0.25, 0.3) is 0 Å². The number of rotatable bonds is 65. The monoisotopic (exact) mass is 1080 g/mol. The first-order valence-electron chi connectivity index (χ1n) is 34.8. The van der Waals surface area contributed by atoms with Crippen LogP contribution in [0.1, 0.15) is 393 Å². The zero-order chi connectivity index (χ0) is 55.7. The fourth-order valence-electron chi connectivity index (χ4n) is 10.7. The second-order valence-electron chi connectivity index (χ2n) is 23.8. The van der Waals surface area contributed by atoms with Crippen molar-refractivity contribution in [1.29, 1.82) is 0 Å². The third-order valence-electron chi connectivity index (χ3n) is 15.9. The van der Waals surface area contributed by atoms with Gasteiger partial charge in [0.1, 0.15) is 13.2 Å². The lowest BCUT2D eigenvalue weighted by Gasteiger charge is -2.18. The smallest absolute Gasteiger partial charge is 0.306 e. The molecule has 0 N–H and O–H groups in total. The number of ether oxygens (including phenoxy) is 3. The number of esters is 3. The number of hydrogen-bond acceptors (Lipinski definition) is 6. The molecule has 1 atom stereocenters. The van der Waals surface area contributed by atoms with Gasteiger partial charge in [0.15, 0.2) is 6.10 Å². The molecule has 6 heteroatoms. The van der Waals surface area contributed by atoms with Gasteiger partial charge in [0, 0.05) is 19.3 Å². The van der Waals surface area contributed by atoms with Gasteiger partial charge < -0.3 is 14.2 Å². The van der Waals surface area contributed by atoms with Crippen molar-refractivity contribution >= 4 is 17.9 Å². The molecule has 0 aliphatic carbocycles. The average Bonchev–Trinajstić information content (AvgIpc) is 3.43. The van der Waals surface area contributed by atoms with E-state index in [1.807, 2.05) is 0 Å². The summed E-state index contributed by atoms with van der Waals surface area (Å²) in [7, 11) is 0. The topological polar surface area (TPSA) is 78.9 Å². The molecular weight excluding hydrogens is 949 g/mol. The standard InChI is InChI=1S/C71H134O6/c1-4-7-10-13-16-19-22-25-28-30-31-32-33-34-35-36-37-38-39-40-41-42-44-46-49-52-55-58-61-64-70(73)76-67-68(66-75-69(72)63-60-57-54-51-48-45-27-24-21-18-15-12-9-6-3)77-71(74)65-62-59-56-53-50-47-43-29-26-23-20-17-14-11-8-5-2/h29-31,43,68H,4-28,32-42,44-67H2,1-3H3/b31-30-,43-29-. The predicted octanol–water partition coefficient (Wildman–Crippen LogP) is 23.8. The zero-order valence-corrected chi connectivity index (χ0v) is 52.3. The van der Waals surface area contributed by atoms with E-state index >= 15 is 0 Å². The van der Waals surface area contributed by atoms with Crippen LogP contribution in [0.2, 0.25) is 0 Å². The van der Waals surface area contributed by atoms with E-state index < -0.39 is 6.10 Å². The van der Waals surface area contributed by atoms with E-state index in [4.69, 9.17) is 14.2 Å². The summed E-state index contributed by atoms with van der Waals surface area (Å²) in [6.45, 7) is 6.70. The van der Waals surface area contributed by atoms with Gasteiger partial charge in [-0.25, -0.2) is 0 Å². The number of carbonyl (C=O) groups is 3. The number of allylic oxidation sites excluding steroid dienone is 4. The molecule has 1 unspecified atom stereocenters. The first-order chi connectivity index (χ1) is 38.0. The summed E-state index contributed by atoms with van der Waals surface area (Å²) >= 11 is 0. The Hall–Kier alpha value is -2.11. The van der Waals surface area contributed by atoms with Crippen molar-refractivity contribution in [3.63, 3.8) is 0 Å². The van der Waals surface area contributed by atoms with Gasteiger partial charge in [0.2, 0.25) is 0 Å². The first kappa shape index (κ1) is 74.9. The van der Waals surface area contributed by atoms with Gasteiger partial charge in [-0.15, -0.1) is 0 Å². The highest BCUT2D eigenvalue weighted by Gasteiger charge is 2.19. The highest BCUT2D eigenvalue weighted by Crippen LogP contribution is 2.18. The average molecular weight is 1080 g/mol. The Morgan fingerprint density at radius 3 is 0.649 bits per heavy atom. The van der Waals surface area contributed by atoms with Crippen LogP contribution in [0, 0.1) is 0 Å². The third kappa shape index (κ3) is 64.6. The minimum atomic E-state index is -0.772. The Bertz CT molecular complexity index is 1240. The van der Waals surface area contributed by atoms with Crippen molar-refractivity contribution in [2.45, 2.75) is 399 Å². The summed E-state index contributed by atoms with van der Waals surface area (Å²) in [5, 5.41) is 0. The summed E-state index contributed by atoms with van der Waals surface area (Å²) in [5.41, 5.74) is 0. The molecule has 0 fully saturated rings. The maximum absolute atomic E-state index is 12.9. The van der Waals surface area contributed by atoms with Crippen LogP contribution in [0.5, 0.6) is 0 Å². The first-order valence-corrected chi connectivity index (χ1v) is 34.8. The van der Waals surface area contributed by atoms with Crippen LogP contribution >= 0.6 is 0 Å². The van der Waals surface area contributed by atoms with Crippen LogP contribution < -0.4 is 0 Å². The SMILES string of the molecule is CCCCCCCCC/C=C\CCCCCCCC(=O)OC(COC(=O)CCCCCCCCCCCCCCCC)COC(=O)CCCCCCCCCCCCCCCCCCC/C=C\CCCCCCCCCC. The molecule has 0 saturated heterocycles. The molecule has 0 radical (unpaired) electrons. The molecular formula is C71H134O6. The molecule has 77 heavy (non-hydrogen) atoms. The van der Waals surface area contributed by atoms with Gasteiger partial charge in [0.05, 0.1) is 0 Å². The van der Waals surface area contributed by atoms with E-state index in [0.717, 1.165) is 64.2 Å². The summed E-state index contributed by atoms with van der Waals surface area (Å²) < 4.78 is 17.0. The zero-order valence-electron chi connectivity index (χ0n) is 52.3. The van der Waals surface area contributed by atoms with Crippen LogP contribution in [-0.2, 0) is 28.6 Å². The summed E-state index contributed by atoms with van der Waals surface area (Å²) in [6.07, 6.45) is 80.7. The highest BCUT2D eigenvalue weighted by atomic mass is 16.6. The highest BCUT2D eigenvalue weighted by molar-refractivity contribution is 5.71. The van der Waals surface area contributed by atoms with Crippen molar-refractivity contribution in [3.8, 4) is 0 Å². The molecule has 0 saturated carbocycles. The van der Waals surface area contributed by atoms with Gasteiger partial charge in [-0.05, 0) is 70.6 Å². The van der Waals surface area contributed by atoms with E-state index in [9.17, 15) is 14.4 Å². The molecule has 454 valence electrons. The van der Waals surface area contributed by atoms with Crippen LogP contribution in [0.15, 0.2) is 24.3 Å². The summed E-state index contributed by atoms with van der Waals surface area (Å²) in [4.78, 5) is 38.3. The number of unbranched alkanes of at least 4 members (excludes halogenated alkanes) is 50. The van der Waals surface area contributed by atoms with Gasteiger partial charge in [-0.3, -0.25) is 14.4 Å². The molecule has 0 aromatic rings. The maximum Gasteiger partial charge on any atom is 0.306 e. The van der Waals surface area contributed by atoms with Crippen molar-refractivity contribution < 1.29 is 28.6 Å². The molecule has 0 aromatic carbocycles. The van der Waals surface area contributed by atoms with E-state index in [0.29, 0.717) is 19.3 Å².